The highest BCUT2D eigenvalue weighted by Gasteiger charge is 2.41. The summed E-state index contributed by atoms with van der Waals surface area (Å²) in [5.74, 6) is -0.539. The smallest absolute Gasteiger partial charge is 0.245 e. The summed E-state index contributed by atoms with van der Waals surface area (Å²) in [4.78, 5) is 29.3. The third-order valence-corrected chi connectivity index (χ3v) is 7.88. The number of fused-ring (bicyclic) bond motifs is 1. The Hall–Kier alpha value is -2.20. The lowest BCUT2D eigenvalue weighted by Crippen LogP contribution is -2.55. The maximum absolute atomic E-state index is 13.0. The Morgan fingerprint density at radius 1 is 1.12 bits per heavy atom. The lowest BCUT2D eigenvalue weighted by atomic mass is 10.1. The van der Waals surface area contributed by atoms with Crippen LogP contribution in [0.5, 0.6) is 0 Å². The molecule has 2 heterocycles. The summed E-state index contributed by atoms with van der Waals surface area (Å²) in [6.07, 6.45) is 0.155. The molecule has 2 unspecified atom stereocenters. The van der Waals surface area contributed by atoms with Gasteiger partial charge in [-0.1, -0.05) is 23.7 Å². The van der Waals surface area contributed by atoms with E-state index >= 15 is 0 Å². The van der Waals surface area contributed by atoms with E-state index in [1.165, 1.54) is 11.0 Å². The standard InChI is InChI=1S/C23H28ClN3O5S/c1-14-12-26(13-15(2)32-14)22(28)16(3)27-9-8-21(23(27)29)25-33(30,31)20-7-5-17-10-19(24)6-4-18(17)11-20/h4-7,10-11,14-16,21,25H,8-9,12-13H2,1-3H3/t14?,15?,16-,21-/m0/s1. The van der Waals surface area contributed by atoms with Crippen molar-refractivity contribution in [2.24, 2.45) is 0 Å². The average Bonchev–Trinajstić information content (AvgIpc) is 3.11. The Morgan fingerprint density at radius 3 is 2.45 bits per heavy atom. The molecule has 2 amide bonds. The maximum Gasteiger partial charge on any atom is 0.245 e. The molecule has 8 nitrogen and oxygen atoms in total. The summed E-state index contributed by atoms with van der Waals surface area (Å²) in [7, 11) is -3.92. The van der Waals surface area contributed by atoms with Gasteiger partial charge in [-0.3, -0.25) is 9.59 Å². The number of hydrogen-bond donors (Lipinski definition) is 1. The van der Waals surface area contributed by atoms with Gasteiger partial charge in [0.25, 0.3) is 0 Å². The van der Waals surface area contributed by atoms with Crippen molar-refractivity contribution in [3.8, 4) is 0 Å². The van der Waals surface area contributed by atoms with Gasteiger partial charge in [-0.25, -0.2) is 8.42 Å². The summed E-state index contributed by atoms with van der Waals surface area (Å²) in [5, 5.41) is 2.12. The van der Waals surface area contributed by atoms with E-state index in [1.54, 1.807) is 42.2 Å². The summed E-state index contributed by atoms with van der Waals surface area (Å²) >= 11 is 6.00. The van der Waals surface area contributed by atoms with Crippen LogP contribution in [0.15, 0.2) is 41.3 Å². The van der Waals surface area contributed by atoms with E-state index in [2.05, 4.69) is 4.72 Å². The van der Waals surface area contributed by atoms with Gasteiger partial charge in [-0.15, -0.1) is 0 Å². The van der Waals surface area contributed by atoms with Gasteiger partial charge >= 0.3 is 0 Å². The van der Waals surface area contributed by atoms with Crippen molar-refractivity contribution in [1.29, 1.82) is 0 Å². The second-order valence-corrected chi connectivity index (χ2v) is 11.0. The molecule has 0 bridgehead atoms. The van der Waals surface area contributed by atoms with Crippen molar-refractivity contribution in [1.82, 2.24) is 14.5 Å². The first-order valence-electron chi connectivity index (χ1n) is 11.0. The van der Waals surface area contributed by atoms with Crippen molar-refractivity contribution in [2.75, 3.05) is 19.6 Å². The van der Waals surface area contributed by atoms with E-state index in [1.807, 2.05) is 13.8 Å². The molecule has 178 valence electrons. The predicted octanol–water partition coefficient (Wildman–Crippen LogP) is 2.40. The number of morpholine rings is 1. The highest BCUT2D eigenvalue weighted by Crippen LogP contribution is 2.24. The van der Waals surface area contributed by atoms with Crippen molar-refractivity contribution < 1.29 is 22.7 Å². The van der Waals surface area contributed by atoms with Crippen LogP contribution < -0.4 is 4.72 Å². The lowest BCUT2D eigenvalue weighted by Gasteiger charge is -2.38. The number of rotatable bonds is 5. The van der Waals surface area contributed by atoms with E-state index in [9.17, 15) is 18.0 Å². The zero-order valence-corrected chi connectivity index (χ0v) is 20.4. The molecule has 4 rings (SSSR count). The molecule has 1 N–H and O–H groups in total. The molecular weight excluding hydrogens is 466 g/mol. The largest absolute Gasteiger partial charge is 0.372 e. The number of nitrogens with one attached hydrogen (secondary N) is 1. The molecule has 0 aliphatic carbocycles. The van der Waals surface area contributed by atoms with Crippen LogP contribution in [0.25, 0.3) is 10.8 Å². The number of nitrogens with zero attached hydrogens (tertiary/aromatic N) is 2. The number of amides is 2. The van der Waals surface area contributed by atoms with Gasteiger partial charge in [0.05, 0.1) is 17.1 Å². The molecule has 0 aromatic heterocycles. The third-order valence-electron chi connectivity index (χ3n) is 6.18. The first kappa shape index (κ1) is 23.9. The second kappa shape index (κ2) is 9.21. The van der Waals surface area contributed by atoms with Gasteiger partial charge in [-0.2, -0.15) is 4.72 Å². The van der Waals surface area contributed by atoms with E-state index in [0.717, 1.165) is 10.8 Å². The molecule has 10 heteroatoms. The summed E-state index contributed by atoms with van der Waals surface area (Å²) in [6.45, 7) is 6.76. The summed E-state index contributed by atoms with van der Waals surface area (Å²) in [5.41, 5.74) is 0. The van der Waals surface area contributed by atoms with Crippen LogP contribution >= 0.6 is 11.6 Å². The number of likely N-dealkylation sites (tertiary alicyclic amines) is 1. The number of benzene rings is 2. The molecule has 2 fully saturated rings. The first-order chi connectivity index (χ1) is 15.5. The molecule has 33 heavy (non-hydrogen) atoms. The predicted molar refractivity (Wildman–Crippen MR) is 125 cm³/mol. The van der Waals surface area contributed by atoms with Crippen LogP contribution in [-0.2, 0) is 24.3 Å². The highest BCUT2D eigenvalue weighted by atomic mass is 35.5. The van der Waals surface area contributed by atoms with E-state index in [-0.39, 0.29) is 28.9 Å². The third kappa shape index (κ3) is 5.01. The minimum absolute atomic E-state index is 0.0725. The summed E-state index contributed by atoms with van der Waals surface area (Å²) in [6, 6.07) is 8.35. The summed E-state index contributed by atoms with van der Waals surface area (Å²) < 4.78 is 34.2. The number of carbonyl (C=O) groups excluding carboxylic acids is 2. The van der Waals surface area contributed by atoms with Gasteiger partial charge in [0.1, 0.15) is 12.1 Å². The Kier molecular flexibility index (Phi) is 6.68. The SMILES string of the molecule is CC1CN(C(=O)[C@H](C)N2CC[C@H](NS(=O)(=O)c3ccc4cc(Cl)ccc4c3)C2=O)CC(C)O1. The number of halogens is 1. The van der Waals surface area contributed by atoms with Crippen molar-refractivity contribution in [3.63, 3.8) is 0 Å². The Balaban J connectivity index is 1.45. The monoisotopic (exact) mass is 493 g/mol. The Labute approximate surface area is 198 Å². The number of ether oxygens (including phenoxy) is 1. The highest BCUT2D eigenvalue weighted by molar-refractivity contribution is 7.89. The van der Waals surface area contributed by atoms with E-state index < -0.39 is 22.1 Å². The van der Waals surface area contributed by atoms with E-state index in [0.29, 0.717) is 31.1 Å². The fourth-order valence-electron chi connectivity index (χ4n) is 4.57. The van der Waals surface area contributed by atoms with Crippen LogP contribution in [0.3, 0.4) is 0 Å². The van der Waals surface area contributed by atoms with E-state index in [4.69, 9.17) is 16.3 Å². The number of carbonyl (C=O) groups is 2. The Morgan fingerprint density at radius 2 is 1.76 bits per heavy atom. The average molecular weight is 494 g/mol. The van der Waals surface area contributed by atoms with Gasteiger partial charge in [0.2, 0.25) is 21.8 Å². The zero-order chi connectivity index (χ0) is 23.9. The van der Waals surface area contributed by atoms with Gasteiger partial charge in [0, 0.05) is 24.7 Å². The van der Waals surface area contributed by atoms with Crippen LogP contribution in [0.4, 0.5) is 0 Å². The molecule has 2 saturated heterocycles. The van der Waals surface area contributed by atoms with Crippen LogP contribution in [0.2, 0.25) is 5.02 Å². The van der Waals surface area contributed by atoms with Gasteiger partial charge < -0.3 is 14.5 Å². The lowest BCUT2D eigenvalue weighted by molar-refractivity contribution is -0.151. The molecule has 0 spiro atoms. The molecule has 2 aliphatic heterocycles. The van der Waals surface area contributed by atoms with Crippen molar-refractivity contribution >= 4 is 44.2 Å². The molecule has 2 aromatic carbocycles. The maximum atomic E-state index is 13.0. The minimum Gasteiger partial charge on any atom is -0.372 e. The fourth-order valence-corrected chi connectivity index (χ4v) is 6.01. The Bertz CT molecular complexity index is 1180. The molecule has 4 atom stereocenters. The number of sulfonamides is 1. The van der Waals surface area contributed by atoms with Crippen LogP contribution in [0, 0.1) is 0 Å². The fraction of sp³-hybridized carbons (Fsp3) is 0.478. The molecule has 2 aliphatic rings. The van der Waals surface area contributed by atoms with Gasteiger partial charge in [-0.05, 0) is 62.2 Å². The van der Waals surface area contributed by atoms with Crippen LogP contribution in [-0.4, -0.2) is 74.0 Å². The molecule has 2 aromatic rings. The van der Waals surface area contributed by atoms with Crippen molar-refractivity contribution in [3.05, 3.63) is 41.4 Å². The molecular formula is C23H28ClN3O5S. The zero-order valence-electron chi connectivity index (χ0n) is 18.8. The normalized spacial score (nSPS) is 25.0. The second-order valence-electron chi connectivity index (χ2n) is 8.82. The quantitative estimate of drug-likeness (QED) is 0.690. The number of hydrogen-bond acceptors (Lipinski definition) is 5. The first-order valence-corrected chi connectivity index (χ1v) is 12.9. The minimum atomic E-state index is -3.92. The molecule has 0 saturated carbocycles. The topological polar surface area (TPSA) is 96.0 Å². The molecule has 0 radical (unpaired) electrons. The van der Waals surface area contributed by atoms with Crippen LogP contribution in [0.1, 0.15) is 27.2 Å². The van der Waals surface area contributed by atoms with Gasteiger partial charge in [0.15, 0.2) is 0 Å². The van der Waals surface area contributed by atoms with Crippen molar-refractivity contribution in [2.45, 2.75) is 56.4 Å².